The molecule has 9 aromatic carbocycles. The number of rotatable bonds is 7. The molecule has 3 heterocycles. The van der Waals surface area contributed by atoms with Crippen LogP contribution in [0.1, 0.15) is 11.1 Å². The molecule has 5 nitrogen and oxygen atoms in total. The summed E-state index contributed by atoms with van der Waals surface area (Å²) >= 11 is 0. The fourth-order valence-corrected chi connectivity index (χ4v) is 9.31. The number of furan rings is 2. The van der Waals surface area contributed by atoms with E-state index in [9.17, 15) is 0 Å². The van der Waals surface area contributed by atoms with E-state index in [-0.39, 0.29) is 0 Å². The molecule has 5 heteroatoms. The molecule has 0 aliphatic rings. The molecule has 0 radical (unpaired) electrons. The molecule has 0 N–H and O–H groups in total. The minimum absolute atomic E-state index is 0.555. The van der Waals surface area contributed by atoms with Crippen molar-refractivity contribution in [2.45, 2.75) is 0 Å². The summed E-state index contributed by atoms with van der Waals surface area (Å²) < 4.78 is 13.1. The molecule has 12 rings (SSSR count). The summed E-state index contributed by atoms with van der Waals surface area (Å²) in [7, 11) is 0. The number of nitrogens with zero attached hydrogens (tertiary/aromatic N) is 3. The average Bonchev–Trinajstić information content (AvgIpc) is 3.92. The normalized spacial score (nSPS) is 11.7. The largest absolute Gasteiger partial charge is 0.456 e. The predicted octanol–water partition coefficient (Wildman–Crippen LogP) is 15.6. The van der Waals surface area contributed by atoms with Gasteiger partial charge in [0.25, 0.3) is 0 Å². The summed E-state index contributed by atoms with van der Waals surface area (Å²) in [5.74, 6) is 1.71. The van der Waals surface area contributed by atoms with Gasteiger partial charge in [0.2, 0.25) is 0 Å². The minimum Gasteiger partial charge on any atom is -0.456 e. The van der Waals surface area contributed by atoms with E-state index in [1.54, 1.807) is 0 Å². The van der Waals surface area contributed by atoms with Gasteiger partial charge >= 0.3 is 0 Å². The van der Waals surface area contributed by atoms with Crippen LogP contribution in [0.3, 0.4) is 0 Å². The molecule has 290 valence electrons. The fourth-order valence-electron chi connectivity index (χ4n) is 9.31. The van der Waals surface area contributed by atoms with Crippen molar-refractivity contribution >= 4 is 77.6 Å². The van der Waals surface area contributed by atoms with E-state index in [0.29, 0.717) is 17.5 Å². The molecular formula is C57H35N3O2. The summed E-state index contributed by atoms with van der Waals surface area (Å²) in [6.45, 7) is 8.33. The van der Waals surface area contributed by atoms with Crippen LogP contribution in [-0.2, 0) is 0 Å². The van der Waals surface area contributed by atoms with Gasteiger partial charge in [-0.1, -0.05) is 165 Å². The first-order valence-corrected chi connectivity index (χ1v) is 20.7. The lowest BCUT2D eigenvalue weighted by Gasteiger charge is -2.14. The van der Waals surface area contributed by atoms with Gasteiger partial charge < -0.3 is 8.83 Å². The molecule has 3 aromatic heterocycles. The number of fused-ring (bicyclic) bond motifs is 9. The van der Waals surface area contributed by atoms with Gasteiger partial charge in [-0.3, -0.25) is 0 Å². The van der Waals surface area contributed by atoms with Crippen molar-refractivity contribution in [3.8, 4) is 56.4 Å². The van der Waals surface area contributed by atoms with E-state index < -0.39 is 0 Å². The van der Waals surface area contributed by atoms with Crippen LogP contribution in [0.15, 0.2) is 198 Å². The third-order valence-electron chi connectivity index (χ3n) is 12.1. The van der Waals surface area contributed by atoms with Crippen LogP contribution in [0.2, 0.25) is 0 Å². The lowest BCUT2D eigenvalue weighted by molar-refractivity contribution is 0.669. The Bertz CT molecular complexity index is 3790. The van der Waals surface area contributed by atoms with E-state index in [1.165, 1.54) is 0 Å². The maximum absolute atomic E-state index is 6.62. The zero-order valence-electron chi connectivity index (χ0n) is 33.5. The topological polar surface area (TPSA) is 65.0 Å². The second-order valence-electron chi connectivity index (χ2n) is 15.5. The Hall–Kier alpha value is -8.41. The molecule has 0 aliphatic carbocycles. The van der Waals surface area contributed by atoms with E-state index in [2.05, 4.69) is 134 Å². The van der Waals surface area contributed by atoms with E-state index >= 15 is 0 Å². The molecule has 0 saturated heterocycles. The Balaban J connectivity index is 1.10. The maximum Gasteiger partial charge on any atom is 0.164 e. The minimum atomic E-state index is 0.555. The predicted molar refractivity (Wildman–Crippen MR) is 257 cm³/mol. The van der Waals surface area contributed by atoms with Crippen LogP contribution in [0, 0.1) is 0 Å². The number of benzene rings is 9. The fraction of sp³-hybridized carbons (Fsp3) is 0. The second kappa shape index (κ2) is 14.1. The maximum atomic E-state index is 6.62. The zero-order chi connectivity index (χ0) is 41.3. The quantitative estimate of drug-likeness (QED) is 0.150. The first-order chi connectivity index (χ1) is 30.6. The van der Waals surface area contributed by atoms with Crippen molar-refractivity contribution in [3.05, 3.63) is 200 Å². The summed E-state index contributed by atoms with van der Waals surface area (Å²) in [4.78, 5) is 15.6. The Labute approximate surface area is 356 Å². The molecule has 0 spiro atoms. The smallest absolute Gasteiger partial charge is 0.164 e. The highest BCUT2D eigenvalue weighted by atomic mass is 16.3. The highest BCUT2D eigenvalue weighted by molar-refractivity contribution is 6.19. The van der Waals surface area contributed by atoms with Gasteiger partial charge in [-0.2, -0.15) is 0 Å². The van der Waals surface area contributed by atoms with Crippen LogP contribution in [0.5, 0.6) is 0 Å². The average molecular weight is 794 g/mol. The molecule has 0 atom stereocenters. The molecule has 0 amide bonds. The van der Waals surface area contributed by atoms with Crippen molar-refractivity contribution in [2.75, 3.05) is 0 Å². The van der Waals surface area contributed by atoms with Gasteiger partial charge in [-0.25, -0.2) is 15.0 Å². The first-order valence-electron chi connectivity index (χ1n) is 20.7. The van der Waals surface area contributed by atoms with Crippen LogP contribution >= 0.6 is 0 Å². The first kappa shape index (κ1) is 35.5. The summed E-state index contributed by atoms with van der Waals surface area (Å²) in [5, 5.41) is 8.48. The van der Waals surface area contributed by atoms with Crippen molar-refractivity contribution in [1.29, 1.82) is 0 Å². The lowest BCUT2D eigenvalue weighted by atomic mass is 9.90. The highest BCUT2D eigenvalue weighted by Crippen LogP contribution is 2.45. The van der Waals surface area contributed by atoms with Crippen molar-refractivity contribution in [2.24, 2.45) is 0 Å². The van der Waals surface area contributed by atoms with Gasteiger partial charge in [0.05, 0.1) is 0 Å². The molecule has 0 bridgehead atoms. The molecule has 62 heavy (non-hydrogen) atoms. The molecule has 0 fully saturated rings. The second-order valence-corrected chi connectivity index (χ2v) is 15.5. The Morgan fingerprint density at radius 2 is 0.887 bits per heavy atom. The third-order valence-corrected chi connectivity index (χ3v) is 12.1. The van der Waals surface area contributed by atoms with Gasteiger partial charge in [0.15, 0.2) is 17.5 Å². The van der Waals surface area contributed by atoms with Crippen molar-refractivity contribution in [3.63, 3.8) is 0 Å². The number of aromatic nitrogens is 3. The van der Waals surface area contributed by atoms with Gasteiger partial charge in [0.1, 0.15) is 22.3 Å². The molecule has 12 aromatic rings. The monoisotopic (exact) mass is 793 g/mol. The van der Waals surface area contributed by atoms with E-state index in [0.717, 1.165) is 115 Å². The van der Waals surface area contributed by atoms with E-state index in [4.69, 9.17) is 23.8 Å². The van der Waals surface area contributed by atoms with Gasteiger partial charge in [-0.15, -0.1) is 0 Å². The highest BCUT2D eigenvalue weighted by Gasteiger charge is 2.22. The van der Waals surface area contributed by atoms with Crippen LogP contribution in [0.25, 0.3) is 134 Å². The number of hydrogen-bond acceptors (Lipinski definition) is 5. The van der Waals surface area contributed by atoms with Crippen LogP contribution in [0.4, 0.5) is 0 Å². The van der Waals surface area contributed by atoms with Crippen LogP contribution < -0.4 is 0 Å². The van der Waals surface area contributed by atoms with Crippen molar-refractivity contribution < 1.29 is 8.83 Å². The third kappa shape index (κ3) is 5.52. The SMILES string of the molecule is C=Cc1c(C=C)c2ccc(-c3nc(-c4ccccc4)nc(-c4cccc5oc6ccc(-c7c(-c8ccccc8)ccc8oc9ccccc9c78)cc6c45)n3)cc2c2ccccc12. The van der Waals surface area contributed by atoms with E-state index in [1.807, 2.05) is 66.7 Å². The lowest BCUT2D eigenvalue weighted by Crippen LogP contribution is -2.00. The Kier molecular flexibility index (Phi) is 8.09. The number of para-hydroxylation sites is 1. The Morgan fingerprint density at radius 3 is 1.65 bits per heavy atom. The standard InChI is InChI=1S/C57H35N3O2/c1-3-38-39(4-2)43-28-26-37(33-46(43)42-21-12-11-20-41(38)42)56-58-55(35-18-9-6-10-19-35)59-57(60-56)45-23-15-25-50-53(45)47-32-36(27-30-49(47)62-50)52-40(34-16-7-5-8-17-34)29-31-51-54(52)44-22-13-14-24-48(44)61-51/h3-33H,1-2H2. The molecule has 0 unspecified atom stereocenters. The van der Waals surface area contributed by atoms with Crippen molar-refractivity contribution in [1.82, 2.24) is 15.0 Å². The Morgan fingerprint density at radius 1 is 0.339 bits per heavy atom. The summed E-state index contributed by atoms with van der Waals surface area (Å²) in [6.07, 6.45) is 3.84. The molecule has 0 saturated carbocycles. The van der Waals surface area contributed by atoms with Crippen LogP contribution in [-0.4, -0.2) is 15.0 Å². The molecular weight excluding hydrogens is 759 g/mol. The zero-order valence-corrected chi connectivity index (χ0v) is 33.5. The molecule has 0 aliphatic heterocycles. The van der Waals surface area contributed by atoms with Gasteiger partial charge in [0, 0.05) is 43.8 Å². The summed E-state index contributed by atoms with van der Waals surface area (Å²) in [5.41, 5.74) is 12.4. The van der Waals surface area contributed by atoms with Gasteiger partial charge in [-0.05, 0) is 85.8 Å². The summed E-state index contributed by atoms with van der Waals surface area (Å²) in [6, 6.07) is 60.6. The number of hydrogen-bond donors (Lipinski definition) is 0.